The number of anilines is 2. The number of carbonyl (C=O) groups excluding carboxylic acids is 2. The SMILES string of the molecule is CCOC(=O)N1CCN(C(=O)c2cc(Nc3cc(C)on3)nc(C)n2)CC1. The lowest BCUT2D eigenvalue weighted by Crippen LogP contribution is -2.50. The van der Waals surface area contributed by atoms with E-state index in [4.69, 9.17) is 9.26 Å². The van der Waals surface area contributed by atoms with E-state index in [9.17, 15) is 9.59 Å². The first-order valence-electron chi connectivity index (χ1n) is 8.73. The van der Waals surface area contributed by atoms with Gasteiger partial charge in [-0.1, -0.05) is 5.16 Å². The van der Waals surface area contributed by atoms with Gasteiger partial charge in [0.2, 0.25) is 0 Å². The summed E-state index contributed by atoms with van der Waals surface area (Å²) in [5.74, 6) is 1.90. The minimum atomic E-state index is -0.350. The third-order valence-corrected chi connectivity index (χ3v) is 4.03. The molecule has 0 radical (unpaired) electrons. The first-order chi connectivity index (χ1) is 13.0. The summed E-state index contributed by atoms with van der Waals surface area (Å²) in [6.07, 6.45) is -0.350. The molecule has 1 N–H and O–H groups in total. The predicted octanol–water partition coefficient (Wildman–Crippen LogP) is 1.74. The van der Waals surface area contributed by atoms with Crippen LogP contribution in [0.1, 0.15) is 29.0 Å². The number of hydrogen-bond donors (Lipinski definition) is 1. The first kappa shape index (κ1) is 18.6. The standard InChI is InChI=1S/C17H22N6O4/c1-4-26-17(25)23-7-5-22(6-8-23)16(24)13-10-14(19-12(3)18-13)20-15-9-11(2)27-21-15/h9-10H,4-8H2,1-3H3,(H,18,19,20,21). The highest BCUT2D eigenvalue weighted by molar-refractivity contribution is 5.93. The van der Waals surface area contributed by atoms with Crippen molar-refractivity contribution in [1.29, 1.82) is 0 Å². The summed E-state index contributed by atoms with van der Waals surface area (Å²) in [5, 5.41) is 6.86. The third-order valence-electron chi connectivity index (χ3n) is 4.03. The molecule has 0 saturated carbocycles. The van der Waals surface area contributed by atoms with Gasteiger partial charge in [0.05, 0.1) is 6.61 Å². The Morgan fingerprint density at radius 1 is 1.11 bits per heavy atom. The molecule has 10 nitrogen and oxygen atoms in total. The molecule has 1 aliphatic heterocycles. The number of aromatic nitrogens is 3. The highest BCUT2D eigenvalue weighted by atomic mass is 16.6. The number of rotatable bonds is 4. The van der Waals surface area contributed by atoms with E-state index in [2.05, 4.69) is 20.4 Å². The molecular formula is C17H22N6O4. The zero-order valence-corrected chi connectivity index (χ0v) is 15.6. The fourth-order valence-corrected chi connectivity index (χ4v) is 2.77. The average molecular weight is 374 g/mol. The van der Waals surface area contributed by atoms with Gasteiger partial charge in [-0.3, -0.25) is 4.79 Å². The van der Waals surface area contributed by atoms with Gasteiger partial charge in [0.25, 0.3) is 5.91 Å². The topological polar surface area (TPSA) is 114 Å². The molecule has 0 unspecified atom stereocenters. The van der Waals surface area contributed by atoms with Crippen LogP contribution in [0.3, 0.4) is 0 Å². The van der Waals surface area contributed by atoms with Crippen molar-refractivity contribution in [2.24, 2.45) is 0 Å². The fraction of sp³-hybridized carbons (Fsp3) is 0.471. The van der Waals surface area contributed by atoms with Gasteiger partial charge < -0.3 is 24.4 Å². The number of carbonyl (C=O) groups is 2. The summed E-state index contributed by atoms with van der Waals surface area (Å²) in [6, 6.07) is 3.31. The molecule has 2 aromatic heterocycles. The van der Waals surface area contributed by atoms with E-state index in [1.165, 1.54) is 0 Å². The Hall–Kier alpha value is -3.17. The molecule has 3 rings (SSSR count). The van der Waals surface area contributed by atoms with Crippen LogP contribution in [-0.2, 0) is 4.74 Å². The Labute approximate surface area is 156 Å². The van der Waals surface area contributed by atoms with Crippen molar-refractivity contribution < 1.29 is 18.8 Å². The Kier molecular flexibility index (Phi) is 5.53. The van der Waals surface area contributed by atoms with Crippen LogP contribution >= 0.6 is 0 Å². The number of aryl methyl sites for hydroxylation is 2. The van der Waals surface area contributed by atoms with Gasteiger partial charge in [-0.25, -0.2) is 14.8 Å². The van der Waals surface area contributed by atoms with Gasteiger partial charge >= 0.3 is 6.09 Å². The largest absolute Gasteiger partial charge is 0.450 e. The van der Waals surface area contributed by atoms with Crippen molar-refractivity contribution in [3.8, 4) is 0 Å². The minimum Gasteiger partial charge on any atom is -0.450 e. The Balaban J connectivity index is 1.67. The lowest BCUT2D eigenvalue weighted by molar-refractivity contribution is 0.0565. The predicted molar refractivity (Wildman–Crippen MR) is 95.8 cm³/mol. The summed E-state index contributed by atoms with van der Waals surface area (Å²) in [6.45, 7) is 7.30. The van der Waals surface area contributed by atoms with Crippen molar-refractivity contribution in [3.05, 3.63) is 29.4 Å². The van der Waals surface area contributed by atoms with Gasteiger partial charge in [0.1, 0.15) is 23.1 Å². The lowest BCUT2D eigenvalue weighted by atomic mass is 10.2. The molecular weight excluding hydrogens is 352 g/mol. The lowest BCUT2D eigenvalue weighted by Gasteiger charge is -2.33. The molecule has 2 amide bonds. The number of amides is 2. The van der Waals surface area contributed by atoms with Crippen molar-refractivity contribution >= 4 is 23.6 Å². The average Bonchev–Trinajstić information content (AvgIpc) is 3.05. The zero-order chi connectivity index (χ0) is 19.4. The molecule has 1 aliphatic rings. The van der Waals surface area contributed by atoms with Crippen molar-refractivity contribution in [1.82, 2.24) is 24.9 Å². The van der Waals surface area contributed by atoms with E-state index in [-0.39, 0.29) is 17.7 Å². The maximum Gasteiger partial charge on any atom is 0.409 e. The van der Waals surface area contributed by atoms with E-state index < -0.39 is 0 Å². The monoisotopic (exact) mass is 374 g/mol. The Bertz CT molecular complexity index is 829. The molecule has 0 bridgehead atoms. The number of ether oxygens (including phenoxy) is 1. The smallest absolute Gasteiger partial charge is 0.409 e. The second kappa shape index (κ2) is 8.02. The second-order valence-corrected chi connectivity index (χ2v) is 6.11. The maximum atomic E-state index is 12.8. The molecule has 144 valence electrons. The van der Waals surface area contributed by atoms with Crippen LogP contribution in [0.15, 0.2) is 16.7 Å². The van der Waals surface area contributed by atoms with Gasteiger partial charge in [0.15, 0.2) is 5.82 Å². The van der Waals surface area contributed by atoms with Gasteiger partial charge in [-0.15, -0.1) is 0 Å². The first-order valence-corrected chi connectivity index (χ1v) is 8.73. The van der Waals surface area contributed by atoms with Crippen LogP contribution in [0.4, 0.5) is 16.4 Å². The molecule has 1 fully saturated rings. The van der Waals surface area contributed by atoms with Crippen LogP contribution in [0.5, 0.6) is 0 Å². The van der Waals surface area contributed by atoms with Crippen LogP contribution in [-0.4, -0.2) is 69.7 Å². The number of piperazine rings is 1. The quantitative estimate of drug-likeness (QED) is 0.861. The third kappa shape index (κ3) is 4.52. The van der Waals surface area contributed by atoms with Crippen LogP contribution in [0.25, 0.3) is 0 Å². The maximum absolute atomic E-state index is 12.8. The second-order valence-electron chi connectivity index (χ2n) is 6.11. The van der Waals surface area contributed by atoms with Gasteiger partial charge in [-0.2, -0.15) is 0 Å². The summed E-state index contributed by atoms with van der Waals surface area (Å²) in [4.78, 5) is 36.4. The molecule has 27 heavy (non-hydrogen) atoms. The number of nitrogens with zero attached hydrogens (tertiary/aromatic N) is 5. The summed E-state index contributed by atoms with van der Waals surface area (Å²) < 4.78 is 10.0. The highest BCUT2D eigenvalue weighted by Gasteiger charge is 2.26. The molecule has 10 heteroatoms. The summed E-state index contributed by atoms with van der Waals surface area (Å²) in [5.41, 5.74) is 0.287. The number of nitrogens with one attached hydrogen (secondary N) is 1. The van der Waals surface area contributed by atoms with Crippen molar-refractivity contribution in [2.75, 3.05) is 38.1 Å². The van der Waals surface area contributed by atoms with Gasteiger partial charge in [-0.05, 0) is 20.8 Å². The van der Waals surface area contributed by atoms with E-state index >= 15 is 0 Å². The molecule has 2 aromatic rings. The minimum absolute atomic E-state index is 0.205. The van der Waals surface area contributed by atoms with Crippen LogP contribution in [0, 0.1) is 13.8 Å². The fourth-order valence-electron chi connectivity index (χ4n) is 2.77. The molecule has 3 heterocycles. The van der Waals surface area contributed by atoms with Crippen LogP contribution in [0.2, 0.25) is 0 Å². The van der Waals surface area contributed by atoms with Crippen molar-refractivity contribution in [3.63, 3.8) is 0 Å². The van der Waals surface area contributed by atoms with E-state index in [0.717, 1.165) is 0 Å². The molecule has 0 aromatic carbocycles. The normalized spacial score (nSPS) is 14.2. The molecule has 0 atom stereocenters. The van der Waals surface area contributed by atoms with Crippen molar-refractivity contribution in [2.45, 2.75) is 20.8 Å². The molecule has 0 spiro atoms. The van der Waals surface area contributed by atoms with Gasteiger partial charge in [0, 0.05) is 38.3 Å². The summed E-state index contributed by atoms with van der Waals surface area (Å²) >= 11 is 0. The zero-order valence-electron chi connectivity index (χ0n) is 15.6. The molecule has 0 aliphatic carbocycles. The van der Waals surface area contributed by atoms with E-state index in [1.807, 2.05) is 0 Å². The Morgan fingerprint density at radius 3 is 2.44 bits per heavy atom. The highest BCUT2D eigenvalue weighted by Crippen LogP contribution is 2.17. The van der Waals surface area contributed by atoms with E-state index in [0.29, 0.717) is 56.0 Å². The van der Waals surface area contributed by atoms with Crippen LogP contribution < -0.4 is 5.32 Å². The van der Waals surface area contributed by atoms with E-state index in [1.54, 1.807) is 42.7 Å². The summed E-state index contributed by atoms with van der Waals surface area (Å²) in [7, 11) is 0. The number of hydrogen-bond acceptors (Lipinski definition) is 8. The Morgan fingerprint density at radius 2 is 1.81 bits per heavy atom. The molecule has 1 saturated heterocycles.